The Labute approximate surface area is 130 Å². The first-order valence-electron chi connectivity index (χ1n) is 9.05. The van der Waals surface area contributed by atoms with Crippen molar-refractivity contribution >= 4 is 0 Å². The van der Waals surface area contributed by atoms with Crippen molar-refractivity contribution in [2.75, 3.05) is 45.9 Å². The average Bonchev–Trinajstić information content (AvgIpc) is 2.98. The van der Waals surface area contributed by atoms with Gasteiger partial charge in [-0.15, -0.1) is 0 Å². The van der Waals surface area contributed by atoms with Crippen molar-refractivity contribution in [3.05, 3.63) is 0 Å². The summed E-state index contributed by atoms with van der Waals surface area (Å²) in [6.07, 6.45) is 7.21. The molecule has 4 nitrogen and oxygen atoms in total. The molecular weight excluding hydrogens is 262 g/mol. The molecule has 0 aromatic heterocycles. The van der Waals surface area contributed by atoms with E-state index in [0.717, 1.165) is 31.8 Å². The molecule has 124 valence electrons. The number of aliphatic hydroxyl groups excluding tert-OH is 1. The normalized spacial score (nSPS) is 26.7. The van der Waals surface area contributed by atoms with E-state index < -0.39 is 0 Å². The third-order valence-corrected chi connectivity index (χ3v) is 5.53. The van der Waals surface area contributed by atoms with E-state index >= 15 is 0 Å². The van der Waals surface area contributed by atoms with Crippen LogP contribution in [0.4, 0.5) is 0 Å². The molecule has 2 unspecified atom stereocenters. The third-order valence-electron chi connectivity index (χ3n) is 5.53. The second kappa shape index (κ2) is 8.47. The number of hydrogen-bond acceptors (Lipinski definition) is 4. The Morgan fingerprint density at radius 2 is 2.10 bits per heavy atom. The molecule has 2 aliphatic rings. The lowest BCUT2D eigenvalue weighted by atomic mass is 9.90. The van der Waals surface area contributed by atoms with Gasteiger partial charge in [0.15, 0.2) is 0 Å². The van der Waals surface area contributed by atoms with E-state index in [-0.39, 0.29) is 12.1 Å². The molecule has 0 spiro atoms. The first kappa shape index (κ1) is 17.2. The van der Waals surface area contributed by atoms with Crippen molar-refractivity contribution in [3.8, 4) is 0 Å². The third kappa shape index (κ3) is 4.65. The topological polar surface area (TPSA) is 38.7 Å². The summed E-state index contributed by atoms with van der Waals surface area (Å²) in [6.45, 7) is 11.9. The van der Waals surface area contributed by atoms with Gasteiger partial charge in [-0.25, -0.2) is 0 Å². The molecule has 4 heteroatoms. The van der Waals surface area contributed by atoms with Gasteiger partial charge in [0.05, 0.1) is 6.61 Å². The van der Waals surface area contributed by atoms with Crippen molar-refractivity contribution < 1.29 is 5.11 Å². The van der Waals surface area contributed by atoms with Crippen molar-refractivity contribution in [2.45, 2.75) is 64.0 Å². The van der Waals surface area contributed by atoms with Gasteiger partial charge in [0, 0.05) is 31.2 Å². The molecule has 2 heterocycles. The van der Waals surface area contributed by atoms with Crippen LogP contribution in [-0.4, -0.2) is 72.4 Å². The van der Waals surface area contributed by atoms with E-state index in [9.17, 15) is 5.11 Å². The molecule has 0 aliphatic carbocycles. The number of fused-ring (bicyclic) bond motifs is 1. The Morgan fingerprint density at radius 1 is 1.24 bits per heavy atom. The van der Waals surface area contributed by atoms with Gasteiger partial charge in [-0.3, -0.25) is 4.90 Å². The Bertz CT molecular complexity index is 294. The summed E-state index contributed by atoms with van der Waals surface area (Å²) in [5.41, 5.74) is -0.0504. The molecule has 2 atom stereocenters. The predicted molar refractivity (Wildman–Crippen MR) is 88.7 cm³/mol. The van der Waals surface area contributed by atoms with Gasteiger partial charge in [-0.2, -0.15) is 0 Å². The minimum atomic E-state index is -0.0504. The number of rotatable bonds is 9. The zero-order valence-corrected chi connectivity index (χ0v) is 14.1. The quantitative estimate of drug-likeness (QED) is 0.679. The molecule has 0 radical (unpaired) electrons. The number of nitrogens with one attached hydrogen (secondary N) is 1. The van der Waals surface area contributed by atoms with Crippen LogP contribution in [0.15, 0.2) is 0 Å². The maximum absolute atomic E-state index is 9.78. The smallest absolute Gasteiger partial charge is 0.0613 e. The average molecular weight is 297 g/mol. The molecule has 2 fully saturated rings. The van der Waals surface area contributed by atoms with Gasteiger partial charge in [-0.1, -0.05) is 13.8 Å². The summed E-state index contributed by atoms with van der Waals surface area (Å²) in [6, 6.07) is 0.825. The summed E-state index contributed by atoms with van der Waals surface area (Å²) >= 11 is 0. The van der Waals surface area contributed by atoms with E-state index in [1.807, 2.05) is 0 Å². The molecule has 2 aliphatic heterocycles. The fourth-order valence-corrected chi connectivity index (χ4v) is 3.93. The van der Waals surface area contributed by atoms with Crippen LogP contribution in [0.3, 0.4) is 0 Å². The van der Waals surface area contributed by atoms with Crippen molar-refractivity contribution in [3.63, 3.8) is 0 Å². The monoisotopic (exact) mass is 297 g/mol. The highest BCUT2D eigenvalue weighted by Crippen LogP contribution is 2.22. The van der Waals surface area contributed by atoms with Crippen LogP contribution in [0, 0.1) is 0 Å². The van der Waals surface area contributed by atoms with E-state index in [1.54, 1.807) is 0 Å². The van der Waals surface area contributed by atoms with Crippen LogP contribution in [0.1, 0.15) is 52.4 Å². The summed E-state index contributed by atoms with van der Waals surface area (Å²) in [5.74, 6) is 0. The lowest BCUT2D eigenvalue weighted by Crippen LogP contribution is -2.51. The van der Waals surface area contributed by atoms with Crippen LogP contribution in [0.2, 0.25) is 0 Å². The highest BCUT2D eigenvalue weighted by Gasteiger charge is 2.31. The Morgan fingerprint density at radius 3 is 2.81 bits per heavy atom. The van der Waals surface area contributed by atoms with E-state index in [2.05, 4.69) is 29.0 Å². The highest BCUT2D eigenvalue weighted by molar-refractivity contribution is 4.89. The maximum Gasteiger partial charge on any atom is 0.0613 e. The molecule has 2 saturated heterocycles. The van der Waals surface area contributed by atoms with Crippen molar-refractivity contribution in [1.82, 2.24) is 15.1 Å². The second-order valence-corrected chi connectivity index (χ2v) is 6.95. The Balaban J connectivity index is 1.71. The highest BCUT2D eigenvalue weighted by atomic mass is 16.3. The molecular formula is C17H35N3O. The van der Waals surface area contributed by atoms with Crippen LogP contribution in [0.25, 0.3) is 0 Å². The summed E-state index contributed by atoms with van der Waals surface area (Å²) < 4.78 is 0. The van der Waals surface area contributed by atoms with E-state index in [1.165, 1.54) is 52.0 Å². The standard InChI is InChI=1S/C17H35N3O/c1-3-9-18-17(4-2,15-21)8-6-10-19-12-13-20-11-5-7-16(20)14-19/h16,18,21H,3-15H2,1-2H3. The molecule has 0 amide bonds. The second-order valence-electron chi connectivity index (χ2n) is 6.95. The maximum atomic E-state index is 9.78. The molecule has 0 bridgehead atoms. The van der Waals surface area contributed by atoms with E-state index in [0.29, 0.717) is 0 Å². The van der Waals surface area contributed by atoms with Gasteiger partial charge in [-0.05, 0) is 58.2 Å². The Kier molecular flexibility index (Phi) is 6.93. The molecule has 21 heavy (non-hydrogen) atoms. The number of piperazine rings is 1. The largest absolute Gasteiger partial charge is 0.394 e. The molecule has 2 rings (SSSR count). The van der Waals surface area contributed by atoms with Gasteiger partial charge < -0.3 is 15.3 Å². The number of hydrogen-bond donors (Lipinski definition) is 2. The summed E-state index contributed by atoms with van der Waals surface area (Å²) in [7, 11) is 0. The van der Waals surface area contributed by atoms with Gasteiger partial charge in [0.25, 0.3) is 0 Å². The van der Waals surface area contributed by atoms with Crippen molar-refractivity contribution in [1.29, 1.82) is 0 Å². The predicted octanol–water partition coefficient (Wildman–Crippen LogP) is 1.69. The number of aliphatic hydroxyl groups is 1. The van der Waals surface area contributed by atoms with E-state index in [4.69, 9.17) is 0 Å². The fraction of sp³-hybridized carbons (Fsp3) is 1.00. The molecule has 0 aromatic carbocycles. The summed E-state index contributed by atoms with van der Waals surface area (Å²) in [5, 5.41) is 13.4. The van der Waals surface area contributed by atoms with Crippen LogP contribution >= 0.6 is 0 Å². The van der Waals surface area contributed by atoms with Gasteiger partial charge in [0.1, 0.15) is 0 Å². The Hall–Kier alpha value is -0.160. The molecule has 2 N–H and O–H groups in total. The zero-order valence-electron chi connectivity index (χ0n) is 14.1. The van der Waals surface area contributed by atoms with Crippen LogP contribution in [0.5, 0.6) is 0 Å². The van der Waals surface area contributed by atoms with Crippen LogP contribution < -0.4 is 5.32 Å². The lowest BCUT2D eigenvalue weighted by molar-refractivity contribution is 0.0946. The first-order valence-corrected chi connectivity index (χ1v) is 9.05. The fourth-order valence-electron chi connectivity index (χ4n) is 3.93. The van der Waals surface area contributed by atoms with Crippen molar-refractivity contribution in [2.24, 2.45) is 0 Å². The first-order chi connectivity index (χ1) is 10.2. The summed E-state index contributed by atoms with van der Waals surface area (Å²) in [4.78, 5) is 5.31. The SMILES string of the molecule is CCCNC(CC)(CO)CCCN1CCN2CCCC2C1. The number of nitrogens with zero attached hydrogens (tertiary/aromatic N) is 2. The zero-order chi connectivity index (χ0) is 15.1. The lowest BCUT2D eigenvalue weighted by Gasteiger charge is -2.38. The van der Waals surface area contributed by atoms with Gasteiger partial charge >= 0.3 is 0 Å². The molecule has 0 aromatic rings. The van der Waals surface area contributed by atoms with Crippen LogP contribution in [-0.2, 0) is 0 Å². The van der Waals surface area contributed by atoms with Gasteiger partial charge in [0.2, 0.25) is 0 Å². The minimum absolute atomic E-state index is 0.0504. The molecule has 0 saturated carbocycles. The minimum Gasteiger partial charge on any atom is -0.394 e.